The Hall–Kier alpha value is -0.570. The Morgan fingerprint density at radius 3 is 1.93 bits per heavy atom. The molecular weight excluding hydrogens is 176 g/mol. The normalized spacial score (nSPS) is 13.2. The predicted molar refractivity (Wildman–Crippen MR) is 61.4 cm³/mol. The minimum atomic E-state index is -0.173. The SMILES string of the molecule is CC(C)N=CN(OC(C)(C)C)C(C)C. The molecule has 0 atom stereocenters. The van der Waals surface area contributed by atoms with Crippen molar-refractivity contribution in [3.05, 3.63) is 0 Å². The van der Waals surface area contributed by atoms with Crippen LogP contribution in [-0.4, -0.2) is 29.1 Å². The van der Waals surface area contributed by atoms with Crippen LogP contribution in [0.4, 0.5) is 0 Å². The van der Waals surface area contributed by atoms with E-state index < -0.39 is 0 Å². The molecular formula is C11H24N2O. The minimum absolute atomic E-state index is 0.173. The summed E-state index contributed by atoms with van der Waals surface area (Å²) in [5.74, 6) is 0. The van der Waals surface area contributed by atoms with Gasteiger partial charge in [-0.3, -0.25) is 9.83 Å². The summed E-state index contributed by atoms with van der Waals surface area (Å²) < 4.78 is 0. The van der Waals surface area contributed by atoms with Crippen LogP contribution in [0.5, 0.6) is 0 Å². The second-order valence-electron chi connectivity index (χ2n) is 5.02. The van der Waals surface area contributed by atoms with E-state index in [9.17, 15) is 0 Å². The van der Waals surface area contributed by atoms with Crippen molar-refractivity contribution >= 4 is 6.34 Å². The van der Waals surface area contributed by atoms with Gasteiger partial charge in [0.15, 0.2) is 0 Å². The Kier molecular flexibility index (Phi) is 5.13. The lowest BCUT2D eigenvalue weighted by Crippen LogP contribution is -2.37. The lowest BCUT2D eigenvalue weighted by atomic mass is 10.2. The molecule has 0 unspecified atom stereocenters. The van der Waals surface area contributed by atoms with Crippen molar-refractivity contribution in [2.24, 2.45) is 4.99 Å². The Morgan fingerprint density at radius 1 is 1.14 bits per heavy atom. The summed E-state index contributed by atoms with van der Waals surface area (Å²) in [5, 5.41) is 1.81. The molecule has 0 heterocycles. The molecule has 0 aromatic rings. The molecule has 0 N–H and O–H groups in total. The minimum Gasteiger partial charge on any atom is -0.271 e. The quantitative estimate of drug-likeness (QED) is 0.396. The van der Waals surface area contributed by atoms with Gasteiger partial charge in [0.25, 0.3) is 0 Å². The summed E-state index contributed by atoms with van der Waals surface area (Å²) in [7, 11) is 0. The third kappa shape index (κ3) is 6.89. The van der Waals surface area contributed by atoms with Gasteiger partial charge in [-0.25, -0.2) is 5.06 Å². The Balaban J connectivity index is 4.31. The van der Waals surface area contributed by atoms with Crippen LogP contribution >= 0.6 is 0 Å². The first-order chi connectivity index (χ1) is 6.22. The summed E-state index contributed by atoms with van der Waals surface area (Å²) in [6.45, 7) is 14.4. The number of nitrogens with zero attached hydrogens (tertiary/aromatic N) is 2. The molecule has 0 radical (unpaired) electrons. The highest BCUT2D eigenvalue weighted by atomic mass is 16.7. The maximum absolute atomic E-state index is 5.73. The molecule has 0 aromatic carbocycles. The standard InChI is InChI=1S/C11H24N2O/c1-9(2)12-8-13(10(3)4)14-11(5,6)7/h8-10H,1-7H3. The van der Waals surface area contributed by atoms with Crippen molar-refractivity contribution in [3.63, 3.8) is 0 Å². The molecule has 14 heavy (non-hydrogen) atoms. The number of hydrogen-bond donors (Lipinski definition) is 0. The molecule has 0 saturated heterocycles. The van der Waals surface area contributed by atoms with Gasteiger partial charge in [0.05, 0.1) is 11.6 Å². The number of hydrogen-bond acceptors (Lipinski definition) is 2. The van der Waals surface area contributed by atoms with Crippen molar-refractivity contribution in [2.45, 2.75) is 66.2 Å². The van der Waals surface area contributed by atoms with Gasteiger partial charge in [-0.2, -0.15) is 0 Å². The molecule has 0 amide bonds. The Bertz CT molecular complexity index is 180. The van der Waals surface area contributed by atoms with Gasteiger partial charge in [0.2, 0.25) is 0 Å². The van der Waals surface area contributed by atoms with Crippen LogP contribution in [0.3, 0.4) is 0 Å². The summed E-state index contributed by atoms with van der Waals surface area (Å²) in [6.07, 6.45) is 1.78. The number of aliphatic imine (C=N–C) groups is 1. The van der Waals surface area contributed by atoms with E-state index in [2.05, 4.69) is 18.8 Å². The maximum atomic E-state index is 5.73. The largest absolute Gasteiger partial charge is 0.271 e. The van der Waals surface area contributed by atoms with Crippen LogP contribution < -0.4 is 0 Å². The highest BCUT2D eigenvalue weighted by Crippen LogP contribution is 2.11. The predicted octanol–water partition coefficient (Wildman–Crippen LogP) is 2.86. The van der Waals surface area contributed by atoms with E-state index in [1.165, 1.54) is 0 Å². The van der Waals surface area contributed by atoms with Crippen LogP contribution in [0, 0.1) is 0 Å². The summed E-state index contributed by atoms with van der Waals surface area (Å²) in [4.78, 5) is 10.0. The molecule has 0 aliphatic rings. The number of rotatable bonds is 4. The van der Waals surface area contributed by atoms with Crippen molar-refractivity contribution < 1.29 is 4.84 Å². The first-order valence-electron chi connectivity index (χ1n) is 5.23. The third-order valence-corrected chi connectivity index (χ3v) is 1.37. The molecule has 0 spiro atoms. The lowest BCUT2D eigenvalue weighted by Gasteiger charge is -2.31. The smallest absolute Gasteiger partial charge is 0.111 e. The molecule has 0 aromatic heterocycles. The zero-order valence-corrected chi connectivity index (χ0v) is 10.5. The average molecular weight is 200 g/mol. The topological polar surface area (TPSA) is 24.8 Å². The molecule has 3 heteroatoms. The summed E-state index contributed by atoms with van der Waals surface area (Å²) in [5.41, 5.74) is -0.173. The average Bonchev–Trinajstić information content (AvgIpc) is 1.94. The van der Waals surface area contributed by atoms with Crippen LogP contribution in [0.2, 0.25) is 0 Å². The van der Waals surface area contributed by atoms with E-state index in [1.54, 1.807) is 11.4 Å². The van der Waals surface area contributed by atoms with E-state index >= 15 is 0 Å². The zero-order chi connectivity index (χ0) is 11.4. The van der Waals surface area contributed by atoms with Gasteiger partial charge >= 0.3 is 0 Å². The first-order valence-corrected chi connectivity index (χ1v) is 5.23. The number of hydroxylamine groups is 2. The van der Waals surface area contributed by atoms with Crippen LogP contribution in [0.1, 0.15) is 48.5 Å². The maximum Gasteiger partial charge on any atom is 0.111 e. The molecule has 0 bridgehead atoms. The van der Waals surface area contributed by atoms with Gasteiger partial charge < -0.3 is 0 Å². The van der Waals surface area contributed by atoms with Crippen LogP contribution in [0.15, 0.2) is 4.99 Å². The molecule has 0 aliphatic carbocycles. The Labute approximate surface area is 88.1 Å². The van der Waals surface area contributed by atoms with Gasteiger partial charge in [-0.05, 0) is 48.5 Å². The van der Waals surface area contributed by atoms with Gasteiger partial charge in [-0.1, -0.05) is 0 Å². The zero-order valence-electron chi connectivity index (χ0n) is 10.5. The van der Waals surface area contributed by atoms with Crippen LogP contribution in [0.25, 0.3) is 0 Å². The fourth-order valence-corrected chi connectivity index (χ4v) is 0.778. The van der Waals surface area contributed by atoms with E-state index in [1.807, 2.05) is 34.6 Å². The second kappa shape index (κ2) is 5.35. The van der Waals surface area contributed by atoms with Gasteiger partial charge in [0.1, 0.15) is 6.34 Å². The lowest BCUT2D eigenvalue weighted by molar-refractivity contribution is -0.193. The molecule has 84 valence electrons. The van der Waals surface area contributed by atoms with Crippen molar-refractivity contribution in [3.8, 4) is 0 Å². The van der Waals surface area contributed by atoms with Gasteiger partial charge in [0, 0.05) is 6.04 Å². The van der Waals surface area contributed by atoms with Gasteiger partial charge in [-0.15, -0.1) is 0 Å². The molecule has 0 rings (SSSR count). The molecule has 3 nitrogen and oxygen atoms in total. The van der Waals surface area contributed by atoms with E-state index in [-0.39, 0.29) is 5.60 Å². The second-order valence-corrected chi connectivity index (χ2v) is 5.02. The third-order valence-electron chi connectivity index (χ3n) is 1.37. The van der Waals surface area contributed by atoms with Crippen molar-refractivity contribution in [1.82, 2.24) is 5.06 Å². The fraction of sp³-hybridized carbons (Fsp3) is 0.909. The Morgan fingerprint density at radius 2 is 1.64 bits per heavy atom. The molecule has 0 aliphatic heterocycles. The van der Waals surface area contributed by atoms with E-state index in [0.29, 0.717) is 12.1 Å². The van der Waals surface area contributed by atoms with Crippen molar-refractivity contribution in [2.75, 3.05) is 0 Å². The highest BCUT2D eigenvalue weighted by molar-refractivity contribution is 5.54. The molecule has 0 saturated carbocycles. The van der Waals surface area contributed by atoms with E-state index in [0.717, 1.165) is 0 Å². The fourth-order valence-electron chi connectivity index (χ4n) is 0.778. The summed E-state index contributed by atoms with van der Waals surface area (Å²) in [6, 6.07) is 0.608. The first kappa shape index (κ1) is 13.4. The molecule has 0 fully saturated rings. The van der Waals surface area contributed by atoms with Crippen LogP contribution in [-0.2, 0) is 4.84 Å². The van der Waals surface area contributed by atoms with E-state index in [4.69, 9.17) is 4.84 Å². The monoisotopic (exact) mass is 200 g/mol. The summed E-state index contributed by atoms with van der Waals surface area (Å²) >= 11 is 0. The highest BCUT2D eigenvalue weighted by Gasteiger charge is 2.17. The van der Waals surface area contributed by atoms with Crippen molar-refractivity contribution in [1.29, 1.82) is 0 Å².